The molecule has 2 heterocycles. The van der Waals surface area contributed by atoms with E-state index in [0.717, 1.165) is 0 Å². The monoisotopic (exact) mass is 156 g/mol. The summed E-state index contributed by atoms with van der Waals surface area (Å²) in [5.74, 6) is -0.451. The third-order valence-electron chi connectivity index (χ3n) is 1.85. The maximum atomic E-state index is 5.56. The standard InChI is InChI=1S/C8H12O3/c1-8(2)10-6-3-4-9-5-7(6)11-8/h3-4,6-7H,5H2,1-2H3. The van der Waals surface area contributed by atoms with Gasteiger partial charge in [0.2, 0.25) is 0 Å². The van der Waals surface area contributed by atoms with Crippen LogP contribution in [0.25, 0.3) is 0 Å². The van der Waals surface area contributed by atoms with Crippen molar-refractivity contribution in [1.82, 2.24) is 0 Å². The van der Waals surface area contributed by atoms with Crippen LogP contribution in [0.15, 0.2) is 12.3 Å². The van der Waals surface area contributed by atoms with Crippen molar-refractivity contribution in [2.75, 3.05) is 6.61 Å². The molecule has 2 atom stereocenters. The highest BCUT2D eigenvalue weighted by Crippen LogP contribution is 2.30. The van der Waals surface area contributed by atoms with Crippen LogP contribution in [0.1, 0.15) is 13.8 Å². The Hall–Kier alpha value is -0.540. The van der Waals surface area contributed by atoms with Gasteiger partial charge < -0.3 is 14.2 Å². The van der Waals surface area contributed by atoms with E-state index < -0.39 is 5.79 Å². The Bertz CT molecular complexity index is 186. The minimum Gasteiger partial charge on any atom is -0.499 e. The molecule has 11 heavy (non-hydrogen) atoms. The van der Waals surface area contributed by atoms with Gasteiger partial charge in [-0.05, 0) is 19.9 Å². The Morgan fingerprint density at radius 1 is 1.36 bits per heavy atom. The third-order valence-corrected chi connectivity index (χ3v) is 1.85. The molecule has 3 nitrogen and oxygen atoms in total. The van der Waals surface area contributed by atoms with Gasteiger partial charge in [0.25, 0.3) is 0 Å². The van der Waals surface area contributed by atoms with Crippen LogP contribution in [0, 0.1) is 0 Å². The Morgan fingerprint density at radius 3 is 2.91 bits per heavy atom. The molecule has 2 unspecified atom stereocenters. The van der Waals surface area contributed by atoms with E-state index in [9.17, 15) is 0 Å². The van der Waals surface area contributed by atoms with Gasteiger partial charge in [-0.25, -0.2) is 0 Å². The second-order valence-corrected chi connectivity index (χ2v) is 3.30. The fourth-order valence-electron chi connectivity index (χ4n) is 1.44. The van der Waals surface area contributed by atoms with Gasteiger partial charge in [-0.2, -0.15) is 0 Å². The molecule has 0 amide bonds. The van der Waals surface area contributed by atoms with Crippen molar-refractivity contribution in [2.45, 2.75) is 31.8 Å². The van der Waals surface area contributed by atoms with Gasteiger partial charge in [-0.15, -0.1) is 0 Å². The molecule has 0 N–H and O–H groups in total. The summed E-state index contributed by atoms with van der Waals surface area (Å²) in [6.07, 6.45) is 3.73. The highest BCUT2D eigenvalue weighted by Gasteiger charge is 2.41. The van der Waals surface area contributed by atoms with E-state index in [1.807, 2.05) is 19.9 Å². The highest BCUT2D eigenvalue weighted by atomic mass is 16.8. The lowest BCUT2D eigenvalue weighted by Gasteiger charge is -2.17. The third kappa shape index (κ3) is 1.26. The molecular formula is C8H12O3. The van der Waals surface area contributed by atoms with Crippen LogP contribution in [0.4, 0.5) is 0 Å². The lowest BCUT2D eigenvalue weighted by atomic mass is 10.2. The van der Waals surface area contributed by atoms with Gasteiger partial charge in [-0.1, -0.05) is 0 Å². The molecule has 3 heteroatoms. The van der Waals surface area contributed by atoms with Gasteiger partial charge in [0, 0.05) is 0 Å². The van der Waals surface area contributed by atoms with Crippen LogP contribution in [0.2, 0.25) is 0 Å². The molecule has 0 aliphatic carbocycles. The summed E-state index contributed by atoms with van der Waals surface area (Å²) in [4.78, 5) is 0. The number of rotatable bonds is 0. The number of fused-ring (bicyclic) bond motifs is 1. The van der Waals surface area contributed by atoms with Crippen molar-refractivity contribution in [2.24, 2.45) is 0 Å². The predicted molar refractivity (Wildman–Crippen MR) is 38.9 cm³/mol. The molecule has 0 aromatic carbocycles. The maximum absolute atomic E-state index is 5.56. The van der Waals surface area contributed by atoms with Gasteiger partial charge in [-0.3, -0.25) is 0 Å². The molecule has 2 aliphatic rings. The molecule has 1 saturated heterocycles. The summed E-state index contributed by atoms with van der Waals surface area (Å²) in [6.45, 7) is 4.43. The van der Waals surface area contributed by atoms with Gasteiger partial charge >= 0.3 is 0 Å². The molecule has 1 fully saturated rings. The first-order valence-corrected chi connectivity index (χ1v) is 3.81. The summed E-state index contributed by atoms with van der Waals surface area (Å²) >= 11 is 0. The summed E-state index contributed by atoms with van der Waals surface area (Å²) < 4.78 is 16.2. The maximum Gasteiger partial charge on any atom is 0.164 e. The summed E-state index contributed by atoms with van der Waals surface area (Å²) in [6, 6.07) is 0. The topological polar surface area (TPSA) is 27.7 Å². The van der Waals surface area contributed by atoms with E-state index in [4.69, 9.17) is 14.2 Å². The second-order valence-electron chi connectivity index (χ2n) is 3.30. The molecule has 0 spiro atoms. The van der Waals surface area contributed by atoms with E-state index in [2.05, 4.69) is 0 Å². The molecule has 0 aromatic rings. The van der Waals surface area contributed by atoms with E-state index in [0.29, 0.717) is 6.61 Å². The zero-order chi connectivity index (χ0) is 7.90. The van der Waals surface area contributed by atoms with Gasteiger partial charge in [0.15, 0.2) is 5.79 Å². The van der Waals surface area contributed by atoms with Crippen LogP contribution in [0.3, 0.4) is 0 Å². The SMILES string of the molecule is CC1(C)OC2C=COCC2O1. The Labute approximate surface area is 65.9 Å². The zero-order valence-electron chi connectivity index (χ0n) is 6.74. The molecule has 0 bridgehead atoms. The molecule has 0 aromatic heterocycles. The Balaban J connectivity index is 2.12. The first-order chi connectivity index (χ1) is 5.17. The molecule has 2 aliphatic heterocycles. The number of ether oxygens (including phenoxy) is 3. The van der Waals surface area contributed by atoms with Crippen molar-refractivity contribution in [3.63, 3.8) is 0 Å². The molecule has 0 radical (unpaired) electrons. The first-order valence-electron chi connectivity index (χ1n) is 3.81. The molecule has 0 saturated carbocycles. The van der Waals surface area contributed by atoms with Crippen LogP contribution >= 0.6 is 0 Å². The minimum absolute atomic E-state index is 0.0787. The Kier molecular flexibility index (Phi) is 1.44. The number of hydrogen-bond acceptors (Lipinski definition) is 3. The molecule has 62 valence electrons. The fraction of sp³-hybridized carbons (Fsp3) is 0.750. The van der Waals surface area contributed by atoms with Crippen LogP contribution in [-0.2, 0) is 14.2 Å². The second kappa shape index (κ2) is 2.22. The largest absolute Gasteiger partial charge is 0.499 e. The van der Waals surface area contributed by atoms with Crippen molar-refractivity contribution >= 4 is 0 Å². The van der Waals surface area contributed by atoms with Crippen molar-refractivity contribution in [3.8, 4) is 0 Å². The molecular weight excluding hydrogens is 144 g/mol. The van der Waals surface area contributed by atoms with E-state index in [-0.39, 0.29) is 12.2 Å². The summed E-state index contributed by atoms with van der Waals surface area (Å²) in [5, 5.41) is 0. The van der Waals surface area contributed by atoms with Crippen LogP contribution in [0.5, 0.6) is 0 Å². The van der Waals surface area contributed by atoms with Crippen LogP contribution in [-0.4, -0.2) is 24.6 Å². The summed E-state index contributed by atoms with van der Waals surface area (Å²) in [5.41, 5.74) is 0. The van der Waals surface area contributed by atoms with E-state index in [1.54, 1.807) is 6.26 Å². The van der Waals surface area contributed by atoms with E-state index in [1.165, 1.54) is 0 Å². The van der Waals surface area contributed by atoms with E-state index >= 15 is 0 Å². The minimum atomic E-state index is -0.451. The quantitative estimate of drug-likeness (QED) is 0.524. The Morgan fingerprint density at radius 2 is 2.18 bits per heavy atom. The lowest BCUT2D eigenvalue weighted by molar-refractivity contribution is -0.145. The van der Waals surface area contributed by atoms with Crippen LogP contribution < -0.4 is 0 Å². The van der Waals surface area contributed by atoms with Crippen molar-refractivity contribution in [3.05, 3.63) is 12.3 Å². The highest BCUT2D eigenvalue weighted by molar-refractivity contribution is 4.98. The van der Waals surface area contributed by atoms with Crippen molar-refractivity contribution in [1.29, 1.82) is 0 Å². The normalized spacial score (nSPS) is 39.8. The fourth-order valence-corrected chi connectivity index (χ4v) is 1.44. The van der Waals surface area contributed by atoms with Gasteiger partial charge in [0.1, 0.15) is 18.8 Å². The summed E-state index contributed by atoms with van der Waals surface area (Å²) in [7, 11) is 0. The zero-order valence-corrected chi connectivity index (χ0v) is 6.74. The van der Waals surface area contributed by atoms with Crippen molar-refractivity contribution < 1.29 is 14.2 Å². The van der Waals surface area contributed by atoms with Gasteiger partial charge in [0.05, 0.1) is 6.26 Å². The average Bonchev–Trinajstić information content (AvgIpc) is 2.21. The number of hydrogen-bond donors (Lipinski definition) is 0. The predicted octanol–water partition coefficient (Wildman–Crippen LogP) is 1.05. The first kappa shape index (κ1) is 7.13. The average molecular weight is 156 g/mol. The smallest absolute Gasteiger partial charge is 0.164 e. The lowest BCUT2D eigenvalue weighted by Crippen LogP contribution is -2.28. The molecule has 2 rings (SSSR count).